The molecule has 0 radical (unpaired) electrons. The SMILES string of the molecule is COc1ccc(NC(=O)NCc2ccoc2)cc1N1CCCCC1=O. The summed E-state index contributed by atoms with van der Waals surface area (Å²) in [4.78, 5) is 26.0. The smallest absolute Gasteiger partial charge is 0.319 e. The Morgan fingerprint density at radius 3 is 2.92 bits per heavy atom. The van der Waals surface area contributed by atoms with Gasteiger partial charge in [0.1, 0.15) is 5.75 Å². The van der Waals surface area contributed by atoms with Gasteiger partial charge in [0, 0.05) is 30.8 Å². The van der Waals surface area contributed by atoms with E-state index in [0.717, 1.165) is 18.4 Å². The van der Waals surface area contributed by atoms with Gasteiger partial charge in [0.05, 0.1) is 25.3 Å². The first-order valence-corrected chi connectivity index (χ1v) is 8.21. The highest BCUT2D eigenvalue weighted by atomic mass is 16.5. The minimum atomic E-state index is -0.331. The predicted molar refractivity (Wildman–Crippen MR) is 93.8 cm³/mol. The van der Waals surface area contributed by atoms with Gasteiger partial charge in [-0.1, -0.05) is 0 Å². The molecule has 1 saturated heterocycles. The number of benzene rings is 1. The topological polar surface area (TPSA) is 83.8 Å². The summed E-state index contributed by atoms with van der Waals surface area (Å²) in [7, 11) is 1.57. The molecule has 1 aliphatic heterocycles. The van der Waals surface area contributed by atoms with Crippen molar-refractivity contribution in [2.24, 2.45) is 0 Å². The van der Waals surface area contributed by atoms with Crippen molar-refractivity contribution in [3.8, 4) is 5.75 Å². The van der Waals surface area contributed by atoms with Crippen LogP contribution in [0.25, 0.3) is 0 Å². The van der Waals surface area contributed by atoms with Crippen LogP contribution in [0.5, 0.6) is 5.75 Å². The molecule has 0 atom stereocenters. The van der Waals surface area contributed by atoms with E-state index in [-0.39, 0.29) is 11.9 Å². The third-order valence-electron chi connectivity index (χ3n) is 4.08. The summed E-state index contributed by atoms with van der Waals surface area (Å²) in [6.07, 6.45) is 5.53. The number of nitrogens with one attached hydrogen (secondary N) is 2. The van der Waals surface area contributed by atoms with Gasteiger partial charge in [-0.05, 0) is 37.1 Å². The number of carbonyl (C=O) groups is 2. The normalized spacial score (nSPS) is 14.3. The number of urea groups is 1. The Kier molecular flexibility index (Phi) is 5.23. The fourth-order valence-electron chi connectivity index (χ4n) is 2.79. The lowest BCUT2D eigenvalue weighted by Gasteiger charge is -2.28. The van der Waals surface area contributed by atoms with E-state index in [4.69, 9.17) is 9.15 Å². The van der Waals surface area contributed by atoms with E-state index in [1.807, 2.05) is 0 Å². The molecule has 2 N–H and O–H groups in total. The van der Waals surface area contributed by atoms with Crippen LogP contribution in [0.3, 0.4) is 0 Å². The molecule has 1 fully saturated rings. The molecule has 1 aromatic carbocycles. The maximum absolute atomic E-state index is 12.2. The summed E-state index contributed by atoms with van der Waals surface area (Å²) in [6.45, 7) is 1.03. The molecular formula is C18H21N3O4. The second-order valence-corrected chi connectivity index (χ2v) is 5.83. The molecule has 3 amide bonds. The quantitative estimate of drug-likeness (QED) is 0.874. The molecular weight excluding hydrogens is 322 g/mol. The Morgan fingerprint density at radius 2 is 2.20 bits per heavy atom. The first-order valence-electron chi connectivity index (χ1n) is 8.21. The van der Waals surface area contributed by atoms with Gasteiger partial charge in [0.15, 0.2) is 0 Å². The van der Waals surface area contributed by atoms with Gasteiger partial charge in [0.25, 0.3) is 0 Å². The van der Waals surface area contributed by atoms with E-state index in [0.29, 0.717) is 36.6 Å². The lowest BCUT2D eigenvalue weighted by atomic mass is 10.1. The summed E-state index contributed by atoms with van der Waals surface area (Å²) in [5, 5.41) is 5.52. The largest absolute Gasteiger partial charge is 0.495 e. The summed E-state index contributed by atoms with van der Waals surface area (Å²) >= 11 is 0. The standard InChI is InChI=1S/C18H21N3O4/c1-24-16-6-5-14(10-15(16)21-8-3-2-4-17(21)22)20-18(23)19-11-13-7-9-25-12-13/h5-7,9-10,12H,2-4,8,11H2,1H3,(H2,19,20,23). The van der Waals surface area contributed by atoms with Crippen LogP contribution in [-0.4, -0.2) is 25.6 Å². The van der Waals surface area contributed by atoms with E-state index < -0.39 is 0 Å². The van der Waals surface area contributed by atoms with E-state index >= 15 is 0 Å². The van der Waals surface area contributed by atoms with Crippen LogP contribution in [0.2, 0.25) is 0 Å². The second-order valence-electron chi connectivity index (χ2n) is 5.83. The Morgan fingerprint density at radius 1 is 1.32 bits per heavy atom. The number of nitrogens with zero attached hydrogens (tertiary/aromatic N) is 1. The average molecular weight is 343 g/mol. The Bertz CT molecular complexity index is 743. The summed E-state index contributed by atoms with van der Waals surface area (Å²) in [5.74, 6) is 0.686. The van der Waals surface area contributed by atoms with Crippen molar-refractivity contribution in [1.82, 2.24) is 5.32 Å². The number of furan rings is 1. The molecule has 25 heavy (non-hydrogen) atoms. The third kappa shape index (κ3) is 4.12. The molecule has 0 bridgehead atoms. The molecule has 0 spiro atoms. The zero-order valence-electron chi connectivity index (χ0n) is 14.1. The minimum Gasteiger partial charge on any atom is -0.495 e. The predicted octanol–water partition coefficient (Wildman–Crippen LogP) is 3.13. The maximum atomic E-state index is 12.2. The van der Waals surface area contributed by atoms with E-state index in [1.54, 1.807) is 48.8 Å². The number of methoxy groups -OCH3 is 1. The van der Waals surface area contributed by atoms with Crippen molar-refractivity contribution < 1.29 is 18.7 Å². The van der Waals surface area contributed by atoms with Crippen molar-refractivity contribution in [1.29, 1.82) is 0 Å². The molecule has 0 saturated carbocycles. The number of ether oxygens (including phenoxy) is 1. The highest BCUT2D eigenvalue weighted by molar-refractivity contribution is 5.97. The number of anilines is 2. The van der Waals surface area contributed by atoms with Crippen LogP contribution in [0.15, 0.2) is 41.2 Å². The van der Waals surface area contributed by atoms with Gasteiger partial charge >= 0.3 is 6.03 Å². The van der Waals surface area contributed by atoms with Crippen LogP contribution >= 0.6 is 0 Å². The molecule has 3 rings (SSSR count). The van der Waals surface area contributed by atoms with E-state index in [9.17, 15) is 9.59 Å². The molecule has 7 heteroatoms. The number of hydrogen-bond acceptors (Lipinski definition) is 4. The summed E-state index contributed by atoms with van der Waals surface area (Å²) < 4.78 is 10.3. The zero-order chi connectivity index (χ0) is 17.6. The van der Waals surface area contributed by atoms with Crippen molar-refractivity contribution in [2.75, 3.05) is 23.9 Å². The molecule has 132 valence electrons. The van der Waals surface area contributed by atoms with Crippen molar-refractivity contribution in [2.45, 2.75) is 25.8 Å². The minimum absolute atomic E-state index is 0.0751. The highest BCUT2D eigenvalue weighted by Gasteiger charge is 2.23. The Labute approximate surface area is 145 Å². The van der Waals surface area contributed by atoms with Crippen LogP contribution in [0.4, 0.5) is 16.2 Å². The van der Waals surface area contributed by atoms with Crippen molar-refractivity contribution in [3.05, 3.63) is 42.4 Å². The average Bonchev–Trinajstić information content (AvgIpc) is 3.14. The van der Waals surface area contributed by atoms with Crippen LogP contribution in [-0.2, 0) is 11.3 Å². The van der Waals surface area contributed by atoms with E-state index in [1.165, 1.54) is 0 Å². The van der Waals surface area contributed by atoms with Crippen LogP contribution in [0, 0.1) is 0 Å². The lowest BCUT2D eigenvalue weighted by Crippen LogP contribution is -2.35. The number of rotatable bonds is 5. The van der Waals surface area contributed by atoms with E-state index in [2.05, 4.69) is 10.6 Å². The van der Waals surface area contributed by atoms with Gasteiger partial charge in [-0.15, -0.1) is 0 Å². The molecule has 2 aromatic rings. The molecule has 0 aliphatic carbocycles. The molecule has 1 aliphatic rings. The van der Waals surface area contributed by atoms with Gasteiger partial charge in [-0.3, -0.25) is 4.79 Å². The second kappa shape index (κ2) is 7.74. The molecule has 7 nitrogen and oxygen atoms in total. The van der Waals surface area contributed by atoms with Gasteiger partial charge in [-0.25, -0.2) is 4.79 Å². The fourth-order valence-corrected chi connectivity index (χ4v) is 2.79. The van der Waals surface area contributed by atoms with Gasteiger partial charge < -0.3 is 24.7 Å². The lowest BCUT2D eigenvalue weighted by molar-refractivity contribution is -0.119. The van der Waals surface area contributed by atoms with Crippen molar-refractivity contribution in [3.63, 3.8) is 0 Å². The summed E-state index contributed by atoms with van der Waals surface area (Å²) in [5.41, 5.74) is 2.16. The Hall–Kier alpha value is -2.96. The first kappa shape index (κ1) is 16.9. The third-order valence-corrected chi connectivity index (χ3v) is 4.08. The fraction of sp³-hybridized carbons (Fsp3) is 0.333. The molecule has 1 aromatic heterocycles. The van der Waals surface area contributed by atoms with Crippen LogP contribution in [0.1, 0.15) is 24.8 Å². The first-order chi connectivity index (χ1) is 12.2. The maximum Gasteiger partial charge on any atom is 0.319 e. The van der Waals surface area contributed by atoms with Gasteiger partial charge in [0.2, 0.25) is 5.91 Å². The van der Waals surface area contributed by atoms with Crippen LogP contribution < -0.4 is 20.3 Å². The summed E-state index contributed by atoms with van der Waals surface area (Å²) in [6, 6.07) is 6.71. The molecule has 0 unspecified atom stereocenters. The van der Waals surface area contributed by atoms with Gasteiger partial charge in [-0.2, -0.15) is 0 Å². The number of amides is 3. The number of hydrogen-bond donors (Lipinski definition) is 2. The zero-order valence-corrected chi connectivity index (χ0v) is 14.1. The Balaban J connectivity index is 1.70. The number of piperidine rings is 1. The monoisotopic (exact) mass is 343 g/mol. The molecule has 2 heterocycles. The van der Waals surface area contributed by atoms with Crippen molar-refractivity contribution >= 4 is 23.3 Å². The number of carbonyl (C=O) groups excluding carboxylic acids is 2. The highest BCUT2D eigenvalue weighted by Crippen LogP contribution is 2.33.